The van der Waals surface area contributed by atoms with Crippen molar-refractivity contribution in [2.75, 3.05) is 13.1 Å². The molecule has 0 aliphatic heterocycles. The van der Waals surface area contributed by atoms with Crippen LogP contribution in [0.2, 0.25) is 0 Å². The summed E-state index contributed by atoms with van der Waals surface area (Å²) in [5.74, 6) is 1.27. The van der Waals surface area contributed by atoms with E-state index < -0.39 is 5.54 Å². The van der Waals surface area contributed by atoms with E-state index >= 15 is 0 Å². The van der Waals surface area contributed by atoms with E-state index in [1.165, 1.54) is 16.7 Å². The van der Waals surface area contributed by atoms with Crippen LogP contribution in [0.25, 0.3) is 0 Å². The molecule has 3 rings (SSSR count). The van der Waals surface area contributed by atoms with Crippen LogP contribution in [0.3, 0.4) is 0 Å². The predicted octanol–water partition coefficient (Wildman–Crippen LogP) is 7.25. The van der Waals surface area contributed by atoms with Crippen molar-refractivity contribution in [1.82, 2.24) is 10.2 Å². The summed E-state index contributed by atoms with van der Waals surface area (Å²) in [5, 5.41) is 4.70. The molecule has 0 aromatic heterocycles. The van der Waals surface area contributed by atoms with E-state index in [0.717, 1.165) is 31.0 Å². The Bertz CT molecular complexity index is 859. The van der Waals surface area contributed by atoms with Gasteiger partial charge in [-0.1, -0.05) is 119 Å². The fourth-order valence-electron chi connectivity index (χ4n) is 4.16. The maximum absolute atomic E-state index is 6.14. The number of rotatable bonds is 10. The van der Waals surface area contributed by atoms with Crippen molar-refractivity contribution in [3.05, 3.63) is 108 Å². The lowest BCUT2D eigenvalue weighted by atomic mass is 9.77. The van der Waals surface area contributed by atoms with Gasteiger partial charge in [-0.3, -0.25) is 0 Å². The van der Waals surface area contributed by atoms with Gasteiger partial charge in [-0.25, -0.2) is 0 Å². The highest BCUT2D eigenvalue weighted by atomic mass is 32.1. The van der Waals surface area contributed by atoms with Gasteiger partial charge in [-0.2, -0.15) is 0 Å². The molecule has 33 heavy (non-hydrogen) atoms. The SMILES string of the molecule is CC(C)CCN(CCC(C)C)C(=S)NC(c1ccccc1)(c1ccccc1)c1ccccc1. The Labute approximate surface area is 206 Å². The molecule has 0 saturated heterocycles. The summed E-state index contributed by atoms with van der Waals surface area (Å²) >= 11 is 6.14. The van der Waals surface area contributed by atoms with Crippen LogP contribution in [0.5, 0.6) is 0 Å². The van der Waals surface area contributed by atoms with Crippen molar-refractivity contribution >= 4 is 17.3 Å². The van der Waals surface area contributed by atoms with Crippen molar-refractivity contribution in [3.63, 3.8) is 0 Å². The first-order chi connectivity index (χ1) is 15.9. The van der Waals surface area contributed by atoms with Crippen LogP contribution < -0.4 is 5.32 Å². The van der Waals surface area contributed by atoms with Gasteiger partial charge in [0.2, 0.25) is 0 Å². The molecule has 0 aliphatic carbocycles. The number of hydrogen-bond donors (Lipinski definition) is 1. The first-order valence-electron chi connectivity index (χ1n) is 12.2. The average Bonchev–Trinajstić information content (AvgIpc) is 2.83. The number of thiocarbonyl (C=S) groups is 1. The monoisotopic (exact) mass is 458 g/mol. The minimum absolute atomic E-state index is 0.575. The fraction of sp³-hybridized carbons (Fsp3) is 0.367. The van der Waals surface area contributed by atoms with Gasteiger partial charge in [0.15, 0.2) is 5.11 Å². The second-order valence-electron chi connectivity index (χ2n) is 9.63. The third-order valence-corrected chi connectivity index (χ3v) is 6.52. The molecule has 0 aliphatic rings. The zero-order valence-electron chi connectivity index (χ0n) is 20.5. The van der Waals surface area contributed by atoms with Crippen LogP contribution in [-0.2, 0) is 5.54 Å². The molecule has 0 amide bonds. The van der Waals surface area contributed by atoms with E-state index in [-0.39, 0.29) is 0 Å². The highest BCUT2D eigenvalue weighted by Crippen LogP contribution is 2.37. The molecular weight excluding hydrogens is 420 g/mol. The first-order valence-corrected chi connectivity index (χ1v) is 12.6. The molecule has 0 fully saturated rings. The Morgan fingerprint density at radius 2 is 1.00 bits per heavy atom. The third kappa shape index (κ3) is 6.45. The molecule has 1 N–H and O–H groups in total. The molecule has 3 heteroatoms. The number of nitrogens with zero attached hydrogens (tertiary/aromatic N) is 1. The van der Waals surface area contributed by atoms with Crippen molar-refractivity contribution in [1.29, 1.82) is 0 Å². The standard InChI is InChI=1S/C30H38N2S/c1-24(2)20-22-32(23-21-25(3)4)29(33)31-30(26-14-8-5-9-15-26,27-16-10-6-11-17-27)28-18-12-7-13-19-28/h5-19,24-25H,20-23H2,1-4H3,(H,31,33). The van der Waals surface area contributed by atoms with Gasteiger partial charge in [0, 0.05) is 13.1 Å². The molecule has 2 nitrogen and oxygen atoms in total. The van der Waals surface area contributed by atoms with Crippen molar-refractivity contribution in [2.24, 2.45) is 11.8 Å². The minimum Gasteiger partial charge on any atom is -0.349 e. The molecule has 0 atom stereocenters. The summed E-state index contributed by atoms with van der Waals surface area (Å²) < 4.78 is 0. The van der Waals surface area contributed by atoms with Crippen LogP contribution in [0, 0.1) is 11.8 Å². The van der Waals surface area contributed by atoms with Gasteiger partial charge in [0.25, 0.3) is 0 Å². The van der Waals surface area contributed by atoms with E-state index in [2.05, 4.69) is 129 Å². The van der Waals surface area contributed by atoms with Gasteiger partial charge in [-0.15, -0.1) is 0 Å². The Kier molecular flexibility index (Phi) is 9.08. The predicted molar refractivity (Wildman–Crippen MR) is 145 cm³/mol. The highest BCUT2D eigenvalue weighted by molar-refractivity contribution is 7.80. The van der Waals surface area contributed by atoms with Crippen molar-refractivity contribution < 1.29 is 0 Å². The quantitative estimate of drug-likeness (QED) is 0.254. The summed E-state index contributed by atoms with van der Waals surface area (Å²) in [7, 11) is 0. The summed E-state index contributed by atoms with van der Waals surface area (Å²) in [6.45, 7) is 11.0. The van der Waals surface area contributed by atoms with E-state index in [0.29, 0.717) is 11.8 Å². The molecule has 174 valence electrons. The highest BCUT2D eigenvalue weighted by Gasteiger charge is 2.37. The third-order valence-electron chi connectivity index (χ3n) is 6.15. The molecule has 3 aromatic rings. The number of benzene rings is 3. The molecule has 0 heterocycles. The van der Waals surface area contributed by atoms with Crippen molar-refractivity contribution in [2.45, 2.75) is 46.1 Å². The van der Waals surface area contributed by atoms with Gasteiger partial charge in [0.05, 0.1) is 0 Å². The van der Waals surface area contributed by atoms with Crippen LogP contribution >= 0.6 is 12.2 Å². The van der Waals surface area contributed by atoms with E-state index in [1.807, 2.05) is 0 Å². The smallest absolute Gasteiger partial charge is 0.170 e. The summed E-state index contributed by atoms with van der Waals surface area (Å²) in [5.41, 5.74) is 2.96. The molecule has 0 bridgehead atoms. The molecular formula is C30H38N2S. The van der Waals surface area contributed by atoms with Gasteiger partial charge in [-0.05, 0) is 53.6 Å². The largest absolute Gasteiger partial charge is 0.349 e. The molecule has 3 aromatic carbocycles. The number of hydrogen-bond acceptors (Lipinski definition) is 1. The zero-order valence-corrected chi connectivity index (χ0v) is 21.3. The molecule has 0 radical (unpaired) electrons. The second kappa shape index (κ2) is 12.0. The van der Waals surface area contributed by atoms with E-state index in [9.17, 15) is 0 Å². The van der Waals surface area contributed by atoms with Crippen LogP contribution in [0.4, 0.5) is 0 Å². The molecule has 0 spiro atoms. The van der Waals surface area contributed by atoms with Gasteiger partial charge in [0.1, 0.15) is 5.54 Å². The van der Waals surface area contributed by atoms with E-state index in [1.54, 1.807) is 0 Å². The Morgan fingerprint density at radius 3 is 1.30 bits per heavy atom. The molecule has 0 unspecified atom stereocenters. The van der Waals surface area contributed by atoms with Crippen LogP contribution in [-0.4, -0.2) is 23.1 Å². The second-order valence-corrected chi connectivity index (χ2v) is 10.0. The van der Waals surface area contributed by atoms with Crippen LogP contribution in [0.1, 0.15) is 57.2 Å². The maximum atomic E-state index is 6.14. The minimum atomic E-state index is -0.575. The summed E-state index contributed by atoms with van der Waals surface area (Å²) in [4.78, 5) is 2.37. The van der Waals surface area contributed by atoms with Gasteiger partial charge >= 0.3 is 0 Å². The Balaban J connectivity index is 2.09. The Morgan fingerprint density at radius 1 is 0.667 bits per heavy atom. The van der Waals surface area contributed by atoms with E-state index in [4.69, 9.17) is 12.2 Å². The maximum Gasteiger partial charge on any atom is 0.170 e. The first kappa shape index (κ1) is 25.0. The lowest BCUT2D eigenvalue weighted by Crippen LogP contribution is -2.53. The fourth-order valence-corrected chi connectivity index (χ4v) is 4.50. The lowest BCUT2D eigenvalue weighted by Gasteiger charge is -2.40. The van der Waals surface area contributed by atoms with Crippen LogP contribution in [0.15, 0.2) is 91.0 Å². The zero-order chi connectivity index (χ0) is 23.7. The summed E-state index contributed by atoms with van der Waals surface area (Å²) in [6.07, 6.45) is 2.24. The normalized spacial score (nSPS) is 11.6. The van der Waals surface area contributed by atoms with Gasteiger partial charge < -0.3 is 10.2 Å². The van der Waals surface area contributed by atoms with Crippen molar-refractivity contribution in [3.8, 4) is 0 Å². The Hall–Kier alpha value is -2.65. The average molecular weight is 459 g/mol. The lowest BCUT2D eigenvalue weighted by molar-refractivity contribution is 0.342. The number of nitrogens with one attached hydrogen (secondary N) is 1. The molecule has 0 saturated carbocycles. The summed E-state index contributed by atoms with van der Waals surface area (Å²) in [6, 6.07) is 32.0. The topological polar surface area (TPSA) is 15.3 Å².